The van der Waals surface area contributed by atoms with Crippen molar-refractivity contribution >= 4 is 18.0 Å². The number of hydrogen-bond donors (Lipinski definition) is 3. The summed E-state index contributed by atoms with van der Waals surface area (Å²) < 4.78 is 5.12. The van der Waals surface area contributed by atoms with Crippen LogP contribution in [0.15, 0.2) is 0 Å². The van der Waals surface area contributed by atoms with E-state index in [1.807, 2.05) is 0 Å². The molecule has 7 nitrogen and oxygen atoms in total. The molecule has 0 heterocycles. The van der Waals surface area contributed by atoms with Gasteiger partial charge in [-0.25, -0.2) is 4.79 Å². The maximum absolute atomic E-state index is 12.0. The van der Waals surface area contributed by atoms with Gasteiger partial charge in [-0.1, -0.05) is 13.8 Å². The van der Waals surface area contributed by atoms with Crippen LogP contribution in [0.2, 0.25) is 0 Å². The first kappa shape index (κ1) is 19.2. The van der Waals surface area contributed by atoms with Gasteiger partial charge in [-0.05, 0) is 33.1 Å². The van der Waals surface area contributed by atoms with Crippen molar-refractivity contribution < 1.29 is 24.2 Å². The Kier molecular flexibility index (Phi) is 7.76. The predicted molar refractivity (Wildman–Crippen MR) is 77.9 cm³/mol. The second kappa shape index (κ2) is 8.49. The molecular weight excluding hydrogens is 276 g/mol. The molecule has 1 atom stereocenters. The van der Waals surface area contributed by atoms with Gasteiger partial charge >= 0.3 is 12.1 Å². The average Bonchev–Trinajstić information content (AvgIpc) is 2.28. The molecule has 0 spiro atoms. The standard InChI is InChI=1S/C14H26N2O5/c1-9(2)11(16-13(20)21-14(3,4)5)12(19)15-8-6-7-10(17)18/h9,11H,6-8H2,1-5H3,(H,15,19)(H,16,20)(H,17,18). The summed E-state index contributed by atoms with van der Waals surface area (Å²) in [6, 6.07) is -0.718. The van der Waals surface area contributed by atoms with Crippen LogP contribution in [0, 0.1) is 5.92 Å². The van der Waals surface area contributed by atoms with Crippen LogP contribution < -0.4 is 10.6 Å². The molecule has 2 amide bonds. The Hall–Kier alpha value is -1.79. The lowest BCUT2D eigenvalue weighted by atomic mass is 10.0. The molecule has 0 aliphatic heterocycles. The van der Waals surface area contributed by atoms with E-state index in [1.54, 1.807) is 34.6 Å². The fourth-order valence-electron chi connectivity index (χ4n) is 1.53. The lowest BCUT2D eigenvalue weighted by Gasteiger charge is -2.25. The van der Waals surface area contributed by atoms with E-state index in [-0.39, 0.29) is 24.8 Å². The van der Waals surface area contributed by atoms with Crippen molar-refractivity contribution in [3.63, 3.8) is 0 Å². The van der Waals surface area contributed by atoms with Crippen LogP contribution in [-0.4, -0.2) is 41.3 Å². The monoisotopic (exact) mass is 302 g/mol. The van der Waals surface area contributed by atoms with E-state index in [2.05, 4.69) is 10.6 Å². The maximum atomic E-state index is 12.0. The Morgan fingerprint density at radius 3 is 2.19 bits per heavy atom. The Bertz CT molecular complexity index is 374. The van der Waals surface area contributed by atoms with Gasteiger partial charge in [0, 0.05) is 13.0 Å². The molecule has 0 aromatic carbocycles. The minimum absolute atomic E-state index is 0.00782. The van der Waals surface area contributed by atoms with Crippen molar-refractivity contribution in [1.29, 1.82) is 0 Å². The van der Waals surface area contributed by atoms with E-state index in [0.29, 0.717) is 6.42 Å². The Morgan fingerprint density at radius 1 is 1.19 bits per heavy atom. The van der Waals surface area contributed by atoms with Crippen LogP contribution in [0.1, 0.15) is 47.5 Å². The Labute approximate surface area is 125 Å². The molecular formula is C14H26N2O5. The molecule has 1 unspecified atom stereocenters. The Morgan fingerprint density at radius 2 is 1.76 bits per heavy atom. The molecule has 0 aliphatic rings. The van der Waals surface area contributed by atoms with Crippen molar-refractivity contribution in [3.05, 3.63) is 0 Å². The quantitative estimate of drug-likeness (QED) is 0.618. The van der Waals surface area contributed by atoms with Crippen molar-refractivity contribution in [2.24, 2.45) is 5.92 Å². The van der Waals surface area contributed by atoms with Crippen LogP contribution in [0.4, 0.5) is 4.79 Å². The van der Waals surface area contributed by atoms with Crippen molar-refractivity contribution in [2.75, 3.05) is 6.54 Å². The highest BCUT2D eigenvalue weighted by Crippen LogP contribution is 2.08. The van der Waals surface area contributed by atoms with Gasteiger partial charge in [0.2, 0.25) is 5.91 Å². The molecule has 0 radical (unpaired) electrons. The topological polar surface area (TPSA) is 105 Å². The molecule has 0 fully saturated rings. The third-order valence-electron chi connectivity index (χ3n) is 2.49. The van der Waals surface area contributed by atoms with Crippen LogP contribution in [-0.2, 0) is 14.3 Å². The van der Waals surface area contributed by atoms with Crippen molar-refractivity contribution in [3.8, 4) is 0 Å². The minimum Gasteiger partial charge on any atom is -0.481 e. The molecule has 0 aromatic rings. The highest BCUT2D eigenvalue weighted by Gasteiger charge is 2.26. The number of nitrogens with one attached hydrogen (secondary N) is 2. The second-order valence-corrected chi connectivity index (χ2v) is 6.16. The van der Waals surface area contributed by atoms with Gasteiger partial charge in [-0.3, -0.25) is 9.59 Å². The predicted octanol–water partition coefficient (Wildman–Crippen LogP) is 1.52. The number of carbonyl (C=O) groups excluding carboxylic acids is 2. The smallest absolute Gasteiger partial charge is 0.408 e. The number of ether oxygens (including phenoxy) is 1. The first-order valence-electron chi connectivity index (χ1n) is 7.02. The SMILES string of the molecule is CC(C)C(NC(=O)OC(C)(C)C)C(=O)NCCCC(=O)O. The zero-order valence-corrected chi connectivity index (χ0v) is 13.4. The lowest BCUT2D eigenvalue weighted by molar-refractivity contribution is -0.137. The summed E-state index contributed by atoms with van der Waals surface area (Å²) in [4.78, 5) is 34.1. The number of aliphatic carboxylic acids is 1. The van der Waals surface area contributed by atoms with Gasteiger partial charge < -0.3 is 20.5 Å². The number of carbonyl (C=O) groups is 3. The van der Waals surface area contributed by atoms with Crippen LogP contribution in [0.5, 0.6) is 0 Å². The zero-order chi connectivity index (χ0) is 16.6. The number of carboxylic acid groups (broad SMARTS) is 1. The molecule has 3 N–H and O–H groups in total. The number of rotatable bonds is 7. The van der Waals surface area contributed by atoms with Crippen LogP contribution in [0.25, 0.3) is 0 Å². The fourth-order valence-corrected chi connectivity index (χ4v) is 1.53. The number of carboxylic acids is 1. The first-order valence-corrected chi connectivity index (χ1v) is 7.02. The van der Waals surface area contributed by atoms with Crippen molar-refractivity contribution in [1.82, 2.24) is 10.6 Å². The summed E-state index contributed by atoms with van der Waals surface area (Å²) in [7, 11) is 0. The zero-order valence-electron chi connectivity index (χ0n) is 13.4. The highest BCUT2D eigenvalue weighted by molar-refractivity contribution is 5.85. The molecule has 0 aliphatic carbocycles. The maximum Gasteiger partial charge on any atom is 0.408 e. The van der Waals surface area contributed by atoms with Gasteiger partial charge in [-0.2, -0.15) is 0 Å². The summed E-state index contributed by atoms with van der Waals surface area (Å²) in [6.07, 6.45) is -0.313. The summed E-state index contributed by atoms with van der Waals surface area (Å²) in [6.45, 7) is 9.08. The Balaban J connectivity index is 4.37. The molecule has 122 valence electrons. The third kappa shape index (κ3) is 9.70. The van der Waals surface area contributed by atoms with Crippen LogP contribution >= 0.6 is 0 Å². The molecule has 0 rings (SSSR count). The fraction of sp³-hybridized carbons (Fsp3) is 0.786. The van der Waals surface area contributed by atoms with Gasteiger partial charge in [0.25, 0.3) is 0 Å². The van der Waals surface area contributed by atoms with E-state index in [1.165, 1.54) is 0 Å². The number of amides is 2. The summed E-state index contributed by atoms with van der Waals surface area (Å²) in [5.74, 6) is -1.37. The molecule has 0 saturated carbocycles. The summed E-state index contributed by atoms with van der Waals surface area (Å²) in [5.41, 5.74) is -0.635. The average molecular weight is 302 g/mol. The second-order valence-electron chi connectivity index (χ2n) is 6.16. The summed E-state index contributed by atoms with van der Waals surface area (Å²) in [5, 5.41) is 13.7. The molecule has 0 bridgehead atoms. The number of hydrogen-bond acceptors (Lipinski definition) is 4. The molecule has 0 saturated heterocycles. The van der Waals surface area contributed by atoms with E-state index >= 15 is 0 Å². The van der Waals surface area contributed by atoms with Crippen molar-refractivity contribution in [2.45, 2.75) is 59.1 Å². The third-order valence-corrected chi connectivity index (χ3v) is 2.49. The van der Waals surface area contributed by atoms with E-state index < -0.39 is 23.7 Å². The van der Waals surface area contributed by atoms with E-state index in [9.17, 15) is 14.4 Å². The van der Waals surface area contributed by atoms with Crippen LogP contribution in [0.3, 0.4) is 0 Å². The lowest BCUT2D eigenvalue weighted by Crippen LogP contribution is -2.51. The van der Waals surface area contributed by atoms with Gasteiger partial charge in [0.05, 0.1) is 0 Å². The van der Waals surface area contributed by atoms with Gasteiger partial charge in [0.15, 0.2) is 0 Å². The van der Waals surface area contributed by atoms with E-state index in [0.717, 1.165) is 0 Å². The molecule has 0 aromatic heterocycles. The largest absolute Gasteiger partial charge is 0.481 e. The normalized spacial score (nSPS) is 12.7. The number of alkyl carbamates (subject to hydrolysis) is 1. The van der Waals surface area contributed by atoms with E-state index in [4.69, 9.17) is 9.84 Å². The first-order chi connectivity index (χ1) is 9.53. The van der Waals surface area contributed by atoms with Gasteiger partial charge in [0.1, 0.15) is 11.6 Å². The van der Waals surface area contributed by atoms with Gasteiger partial charge in [-0.15, -0.1) is 0 Å². The molecule has 7 heteroatoms. The summed E-state index contributed by atoms with van der Waals surface area (Å²) >= 11 is 0. The molecule has 21 heavy (non-hydrogen) atoms. The minimum atomic E-state index is -0.906. The highest BCUT2D eigenvalue weighted by atomic mass is 16.6.